The number of hydrogen-bond donors (Lipinski definition) is 2. The average Bonchev–Trinajstić information content (AvgIpc) is 3.45. The smallest absolute Gasteiger partial charge is 0.137 e. The molecule has 0 unspecified atom stereocenters. The summed E-state index contributed by atoms with van der Waals surface area (Å²) in [5.41, 5.74) is 8.34. The third kappa shape index (κ3) is 3.71. The van der Waals surface area contributed by atoms with Crippen molar-refractivity contribution in [2.75, 3.05) is 0 Å². The topological polar surface area (TPSA) is 72.6 Å². The van der Waals surface area contributed by atoms with Crippen LogP contribution in [0.15, 0.2) is 36.6 Å². The lowest BCUT2D eigenvalue weighted by atomic mass is 9.60. The van der Waals surface area contributed by atoms with Gasteiger partial charge in [-0.05, 0) is 98.4 Å². The van der Waals surface area contributed by atoms with Gasteiger partial charge in [-0.25, -0.2) is 0 Å². The highest BCUT2D eigenvalue weighted by atomic mass is 16.5. The zero-order valence-electron chi connectivity index (χ0n) is 22.4. The van der Waals surface area contributed by atoms with E-state index in [1.807, 2.05) is 0 Å². The summed E-state index contributed by atoms with van der Waals surface area (Å²) >= 11 is 0. The van der Waals surface area contributed by atoms with Gasteiger partial charge in [0.05, 0.1) is 18.4 Å². The maximum atomic E-state index is 12.5. The minimum Gasteiger partial charge on any atom is -0.497 e. The van der Waals surface area contributed by atoms with E-state index in [0.717, 1.165) is 37.4 Å². The number of aliphatic hydroxyl groups is 1. The fourth-order valence-electron chi connectivity index (χ4n) is 11.4. The lowest BCUT2D eigenvalue weighted by molar-refractivity contribution is -0.112. The van der Waals surface area contributed by atoms with Crippen LogP contribution >= 0.6 is 0 Å². The molecule has 7 rings (SSSR count). The molecule has 4 nitrogen and oxygen atoms in total. The largest absolute Gasteiger partial charge is 0.497 e. The van der Waals surface area contributed by atoms with Gasteiger partial charge in [0.15, 0.2) is 0 Å². The summed E-state index contributed by atoms with van der Waals surface area (Å²) < 4.78 is 6.19. The Balaban J connectivity index is 1.18. The average molecular weight is 506 g/mol. The molecule has 202 valence electrons. The first-order valence-corrected chi connectivity index (χ1v) is 15.6. The number of aldehydes is 1. The molecule has 6 aliphatic carbocycles. The number of ether oxygens (including phenoxy) is 1. The monoisotopic (exact) mass is 505 g/mol. The predicted molar refractivity (Wildman–Crippen MR) is 145 cm³/mol. The van der Waals surface area contributed by atoms with Gasteiger partial charge in [0.2, 0.25) is 0 Å². The lowest BCUT2D eigenvalue weighted by Crippen LogP contribution is -2.50. The summed E-state index contributed by atoms with van der Waals surface area (Å²) in [6.45, 7) is 4.63. The second-order valence-corrected chi connectivity index (χ2v) is 14.1. The Kier molecular flexibility index (Phi) is 6.24. The van der Waals surface area contributed by atoms with Gasteiger partial charge in [-0.2, -0.15) is 0 Å². The molecule has 5 saturated carbocycles. The van der Waals surface area contributed by atoms with Crippen LogP contribution in [0.3, 0.4) is 0 Å². The number of aliphatic hydroxyl groups excluding tert-OH is 1. The van der Waals surface area contributed by atoms with Crippen molar-refractivity contribution in [2.45, 2.75) is 95.3 Å². The molecule has 3 N–H and O–H groups in total. The van der Waals surface area contributed by atoms with Gasteiger partial charge in [-0.3, -0.25) is 0 Å². The number of carbonyl (C=O) groups excluding carboxylic acids is 1. The van der Waals surface area contributed by atoms with Crippen LogP contribution in [0.5, 0.6) is 0 Å². The zero-order chi connectivity index (χ0) is 25.3. The van der Waals surface area contributed by atoms with Crippen molar-refractivity contribution in [1.82, 2.24) is 0 Å². The molecule has 0 radical (unpaired) electrons. The number of hydrogen-bond acceptors (Lipinski definition) is 4. The molecule has 4 heteroatoms. The highest BCUT2D eigenvalue weighted by Crippen LogP contribution is 2.76. The maximum absolute atomic E-state index is 12.5. The van der Waals surface area contributed by atoms with Crippen molar-refractivity contribution in [2.24, 2.45) is 70.3 Å². The highest BCUT2D eigenvalue weighted by molar-refractivity contribution is 5.61. The van der Waals surface area contributed by atoms with Crippen LogP contribution in [0.2, 0.25) is 0 Å². The Morgan fingerprint density at radius 1 is 1.00 bits per heavy atom. The van der Waals surface area contributed by atoms with Gasteiger partial charge in [0.25, 0.3) is 0 Å². The lowest BCUT2D eigenvalue weighted by Gasteiger charge is -2.48. The standard InChI is InChI=1S/C33H47NO3/c1-19-7-12-28-31(27-16-22(15-25(19)27)20-5-3-2-4-6-20)33(28,30(34)18-35)23-10-8-21-9-11-24-29(36)13-14-37-32(24)26(21)17-23/h9,11,13-14,18,20-32,36H,1-8,10,12,15-17,34H2/t21-,22+,23+,24-,25-,26-,27-,28-,29+,30+,31+,32-,33-/m1/s1. The summed E-state index contributed by atoms with van der Waals surface area (Å²) in [7, 11) is 0. The third-order valence-corrected chi connectivity index (χ3v) is 12.9. The molecule has 0 aromatic rings. The molecule has 0 aromatic carbocycles. The number of nitrogens with two attached hydrogens (primary N) is 1. The molecule has 0 saturated heterocycles. The molecular formula is C33H47NO3. The highest BCUT2D eigenvalue weighted by Gasteiger charge is 2.74. The van der Waals surface area contributed by atoms with Crippen LogP contribution < -0.4 is 5.73 Å². The van der Waals surface area contributed by atoms with Gasteiger partial charge in [-0.15, -0.1) is 0 Å². The van der Waals surface area contributed by atoms with Crippen LogP contribution in [0.25, 0.3) is 0 Å². The van der Waals surface area contributed by atoms with Gasteiger partial charge in [0, 0.05) is 17.3 Å². The molecule has 37 heavy (non-hydrogen) atoms. The first-order valence-electron chi connectivity index (χ1n) is 15.6. The van der Waals surface area contributed by atoms with Crippen LogP contribution in [0.1, 0.15) is 77.0 Å². The summed E-state index contributed by atoms with van der Waals surface area (Å²) in [5.74, 6) is 5.65. The number of rotatable bonds is 4. The Hall–Kier alpha value is -1.39. The Bertz CT molecular complexity index is 967. The van der Waals surface area contributed by atoms with E-state index in [1.165, 1.54) is 63.4 Å². The molecule has 0 aromatic heterocycles. The van der Waals surface area contributed by atoms with Crippen LogP contribution in [0.4, 0.5) is 0 Å². The van der Waals surface area contributed by atoms with E-state index in [2.05, 4.69) is 18.7 Å². The van der Waals surface area contributed by atoms with E-state index in [1.54, 1.807) is 12.3 Å². The van der Waals surface area contributed by atoms with E-state index < -0.39 is 6.10 Å². The number of carbonyl (C=O) groups is 1. The molecule has 7 aliphatic rings. The summed E-state index contributed by atoms with van der Waals surface area (Å²) in [6.07, 6.45) is 24.2. The van der Waals surface area contributed by atoms with E-state index in [4.69, 9.17) is 10.5 Å². The molecule has 1 heterocycles. The first-order chi connectivity index (χ1) is 18.0. The van der Waals surface area contributed by atoms with Crippen molar-refractivity contribution >= 4 is 6.29 Å². The maximum Gasteiger partial charge on any atom is 0.137 e. The predicted octanol–water partition coefficient (Wildman–Crippen LogP) is 5.81. The summed E-state index contributed by atoms with van der Waals surface area (Å²) in [4.78, 5) is 12.5. The minimum absolute atomic E-state index is 0.0422. The van der Waals surface area contributed by atoms with E-state index >= 15 is 0 Å². The molecule has 13 atom stereocenters. The normalized spacial score (nSPS) is 51.6. The van der Waals surface area contributed by atoms with Crippen molar-refractivity contribution < 1.29 is 14.6 Å². The van der Waals surface area contributed by atoms with E-state index in [0.29, 0.717) is 41.4 Å². The van der Waals surface area contributed by atoms with Crippen molar-refractivity contribution in [1.29, 1.82) is 0 Å². The summed E-state index contributed by atoms with van der Waals surface area (Å²) in [6, 6.07) is -0.363. The van der Waals surface area contributed by atoms with Gasteiger partial charge >= 0.3 is 0 Å². The molecule has 5 fully saturated rings. The molecule has 0 bridgehead atoms. The second-order valence-electron chi connectivity index (χ2n) is 14.1. The fourth-order valence-corrected chi connectivity index (χ4v) is 11.4. The van der Waals surface area contributed by atoms with Gasteiger partial charge in [0.1, 0.15) is 12.4 Å². The summed E-state index contributed by atoms with van der Waals surface area (Å²) in [5, 5.41) is 10.6. The molecule has 1 aliphatic heterocycles. The Labute approximate surface area is 223 Å². The zero-order valence-corrected chi connectivity index (χ0v) is 22.4. The quantitative estimate of drug-likeness (QED) is 0.374. The molecule has 0 amide bonds. The van der Waals surface area contributed by atoms with Crippen LogP contribution in [-0.2, 0) is 9.53 Å². The second kappa shape index (κ2) is 9.37. The van der Waals surface area contributed by atoms with Gasteiger partial charge < -0.3 is 20.4 Å². The third-order valence-electron chi connectivity index (χ3n) is 12.9. The van der Waals surface area contributed by atoms with Crippen LogP contribution in [0, 0.1) is 64.6 Å². The number of allylic oxidation sites excluding steroid dienone is 2. The fraction of sp³-hybridized carbons (Fsp3) is 0.788. The van der Waals surface area contributed by atoms with E-state index in [9.17, 15) is 9.90 Å². The van der Waals surface area contributed by atoms with Gasteiger partial charge in [-0.1, -0.05) is 56.4 Å². The molecule has 0 spiro atoms. The van der Waals surface area contributed by atoms with Crippen LogP contribution in [-0.4, -0.2) is 29.6 Å². The molecular weight excluding hydrogens is 458 g/mol. The van der Waals surface area contributed by atoms with Crippen molar-refractivity contribution in [3.63, 3.8) is 0 Å². The Morgan fingerprint density at radius 2 is 1.84 bits per heavy atom. The SMILES string of the molecule is C=C1CC[C@@H]2[C@H]([C@@H]3C[C@@H](C4CCCCC4)C[C@H]13)[C@@]2([C@H]1CC[C@@H]2C=C[C@H]3[C@@H](OC=C[C@@H]3O)[C@@H]2C1)[C@@H](N)C=O. The number of fused-ring (bicyclic) bond motifs is 6. The van der Waals surface area contributed by atoms with E-state index in [-0.39, 0.29) is 23.5 Å². The minimum atomic E-state index is -0.462. The van der Waals surface area contributed by atoms with Crippen molar-refractivity contribution in [3.05, 3.63) is 36.6 Å². The van der Waals surface area contributed by atoms with Crippen molar-refractivity contribution in [3.8, 4) is 0 Å². The first kappa shape index (κ1) is 24.6. The Morgan fingerprint density at radius 3 is 2.65 bits per heavy atom.